The molecule has 27 heavy (non-hydrogen) atoms. The van der Waals surface area contributed by atoms with E-state index in [2.05, 4.69) is 10.6 Å². The molecule has 2 aromatic rings. The molecule has 0 aromatic heterocycles. The fourth-order valence-corrected chi connectivity index (χ4v) is 2.21. The molecule has 0 aliphatic rings. The van der Waals surface area contributed by atoms with Crippen LogP contribution in [0.3, 0.4) is 0 Å². The van der Waals surface area contributed by atoms with Crippen LogP contribution in [0, 0.1) is 0 Å². The van der Waals surface area contributed by atoms with Gasteiger partial charge in [0.2, 0.25) is 0 Å². The van der Waals surface area contributed by atoms with Gasteiger partial charge in [-0.15, -0.1) is 0 Å². The molecule has 0 aliphatic heterocycles. The van der Waals surface area contributed by atoms with Gasteiger partial charge in [0.15, 0.2) is 6.10 Å². The van der Waals surface area contributed by atoms with Crippen LogP contribution in [-0.4, -0.2) is 31.1 Å². The Balaban J connectivity index is 1.94. The second-order valence-corrected chi connectivity index (χ2v) is 5.65. The summed E-state index contributed by atoms with van der Waals surface area (Å²) in [4.78, 5) is 35.1. The molecule has 8 nitrogen and oxygen atoms in total. The number of primary amides is 1. The van der Waals surface area contributed by atoms with Gasteiger partial charge in [-0.1, -0.05) is 24.3 Å². The van der Waals surface area contributed by atoms with Crippen molar-refractivity contribution in [3.63, 3.8) is 0 Å². The summed E-state index contributed by atoms with van der Waals surface area (Å²) in [5.74, 6) is -0.605. The summed E-state index contributed by atoms with van der Waals surface area (Å²) >= 11 is 0. The number of carbonyl (C=O) groups excluding carboxylic acids is 3. The van der Waals surface area contributed by atoms with Crippen LogP contribution in [0.5, 0.6) is 5.75 Å². The van der Waals surface area contributed by atoms with Gasteiger partial charge in [0, 0.05) is 6.54 Å². The van der Waals surface area contributed by atoms with E-state index in [4.69, 9.17) is 15.2 Å². The molecule has 2 rings (SSSR count). The second kappa shape index (κ2) is 9.23. The van der Waals surface area contributed by atoms with E-state index < -0.39 is 24.0 Å². The van der Waals surface area contributed by atoms with Crippen LogP contribution in [0.2, 0.25) is 0 Å². The highest BCUT2D eigenvalue weighted by Gasteiger charge is 2.20. The lowest BCUT2D eigenvalue weighted by molar-refractivity contribution is -0.123. The van der Waals surface area contributed by atoms with Gasteiger partial charge in [0.05, 0.1) is 18.4 Å². The van der Waals surface area contributed by atoms with Crippen molar-refractivity contribution in [1.29, 1.82) is 0 Å². The zero-order chi connectivity index (χ0) is 19.8. The summed E-state index contributed by atoms with van der Waals surface area (Å²) < 4.78 is 10.4. The first kappa shape index (κ1) is 19.8. The number of rotatable bonds is 7. The third-order valence-electron chi connectivity index (χ3n) is 3.67. The molecular formula is C19H21N3O5. The predicted molar refractivity (Wildman–Crippen MR) is 99.4 cm³/mol. The van der Waals surface area contributed by atoms with E-state index in [0.717, 1.165) is 5.56 Å². The van der Waals surface area contributed by atoms with Crippen molar-refractivity contribution in [3.05, 3.63) is 59.7 Å². The Morgan fingerprint density at radius 3 is 2.37 bits per heavy atom. The number of methoxy groups -OCH3 is 1. The maximum Gasteiger partial charge on any atom is 0.338 e. The summed E-state index contributed by atoms with van der Waals surface area (Å²) in [6, 6.07) is 12.7. The van der Waals surface area contributed by atoms with Gasteiger partial charge in [-0.25, -0.2) is 9.59 Å². The second-order valence-electron chi connectivity index (χ2n) is 5.65. The summed E-state index contributed by atoms with van der Waals surface area (Å²) in [7, 11) is 1.50. The average molecular weight is 371 g/mol. The number of esters is 1. The lowest BCUT2D eigenvalue weighted by Gasteiger charge is -2.15. The highest BCUT2D eigenvalue weighted by Crippen LogP contribution is 2.23. The van der Waals surface area contributed by atoms with Crippen LogP contribution in [0.25, 0.3) is 0 Å². The Hall–Kier alpha value is -3.55. The quantitative estimate of drug-likeness (QED) is 0.644. The molecule has 8 heteroatoms. The number of amides is 3. The van der Waals surface area contributed by atoms with Gasteiger partial charge in [-0.2, -0.15) is 0 Å². The lowest BCUT2D eigenvalue weighted by atomic mass is 10.1. The number of para-hydroxylation sites is 2. The number of carbonyl (C=O) groups is 3. The molecule has 0 fully saturated rings. The topological polar surface area (TPSA) is 120 Å². The number of ether oxygens (including phenoxy) is 2. The van der Waals surface area contributed by atoms with Crippen molar-refractivity contribution in [3.8, 4) is 5.75 Å². The van der Waals surface area contributed by atoms with Crippen molar-refractivity contribution in [2.75, 3.05) is 12.4 Å². The Morgan fingerprint density at radius 2 is 1.74 bits per heavy atom. The molecule has 4 N–H and O–H groups in total. The molecule has 2 aromatic carbocycles. The minimum Gasteiger partial charge on any atom is -0.495 e. The van der Waals surface area contributed by atoms with Crippen molar-refractivity contribution >= 4 is 23.6 Å². The highest BCUT2D eigenvalue weighted by molar-refractivity contribution is 5.98. The standard InChI is InChI=1S/C19H21N3O5/c1-12(17(23)22-15-5-3-4-6-16(15)26-2)27-18(24)14-9-7-13(8-10-14)11-21-19(20)25/h3-10,12H,11H2,1-2H3,(H,22,23)(H3,20,21,25). The first-order chi connectivity index (χ1) is 12.9. The maximum atomic E-state index is 12.3. The smallest absolute Gasteiger partial charge is 0.338 e. The van der Waals surface area contributed by atoms with Crippen LogP contribution in [-0.2, 0) is 16.1 Å². The first-order valence-corrected chi connectivity index (χ1v) is 8.18. The highest BCUT2D eigenvalue weighted by atomic mass is 16.5. The number of benzene rings is 2. The predicted octanol–water partition coefficient (Wildman–Crippen LogP) is 2.05. The molecule has 1 unspecified atom stereocenters. The Bertz CT molecular complexity index is 820. The molecule has 0 aliphatic carbocycles. The minimum atomic E-state index is -1.00. The summed E-state index contributed by atoms with van der Waals surface area (Å²) in [5, 5.41) is 5.11. The third kappa shape index (κ3) is 5.74. The van der Waals surface area contributed by atoms with E-state index in [9.17, 15) is 14.4 Å². The fourth-order valence-electron chi connectivity index (χ4n) is 2.21. The van der Waals surface area contributed by atoms with E-state index in [0.29, 0.717) is 11.4 Å². The molecule has 0 heterocycles. The molecule has 1 atom stereocenters. The van der Waals surface area contributed by atoms with Gasteiger partial charge < -0.3 is 25.8 Å². The van der Waals surface area contributed by atoms with Crippen molar-refractivity contribution in [2.24, 2.45) is 5.73 Å². The van der Waals surface area contributed by atoms with E-state index in [-0.39, 0.29) is 12.1 Å². The number of nitrogens with two attached hydrogens (primary N) is 1. The Labute approximate surface area is 156 Å². The van der Waals surface area contributed by atoms with E-state index in [1.165, 1.54) is 14.0 Å². The molecule has 0 saturated carbocycles. The zero-order valence-corrected chi connectivity index (χ0v) is 15.0. The van der Waals surface area contributed by atoms with Crippen LogP contribution in [0.1, 0.15) is 22.8 Å². The van der Waals surface area contributed by atoms with Gasteiger partial charge in [0.25, 0.3) is 5.91 Å². The number of anilines is 1. The van der Waals surface area contributed by atoms with Gasteiger partial charge in [-0.3, -0.25) is 4.79 Å². The molecule has 0 spiro atoms. The molecular weight excluding hydrogens is 350 g/mol. The maximum absolute atomic E-state index is 12.3. The van der Waals surface area contributed by atoms with Crippen LogP contribution >= 0.6 is 0 Å². The van der Waals surface area contributed by atoms with Crippen LogP contribution in [0.4, 0.5) is 10.5 Å². The van der Waals surface area contributed by atoms with E-state index in [1.54, 1.807) is 48.5 Å². The van der Waals surface area contributed by atoms with E-state index >= 15 is 0 Å². The summed E-state index contributed by atoms with van der Waals surface area (Å²) in [6.07, 6.45) is -1.00. The Morgan fingerprint density at radius 1 is 1.07 bits per heavy atom. The molecule has 0 saturated heterocycles. The third-order valence-corrected chi connectivity index (χ3v) is 3.67. The number of hydrogen-bond acceptors (Lipinski definition) is 5. The largest absolute Gasteiger partial charge is 0.495 e. The van der Waals surface area contributed by atoms with Crippen LogP contribution < -0.4 is 21.1 Å². The zero-order valence-electron chi connectivity index (χ0n) is 15.0. The number of nitrogens with one attached hydrogen (secondary N) is 2. The molecule has 142 valence electrons. The number of urea groups is 1. The average Bonchev–Trinajstić information content (AvgIpc) is 2.67. The van der Waals surface area contributed by atoms with Crippen LogP contribution in [0.15, 0.2) is 48.5 Å². The SMILES string of the molecule is COc1ccccc1NC(=O)C(C)OC(=O)c1ccc(CNC(N)=O)cc1. The van der Waals surface area contributed by atoms with Crippen molar-refractivity contribution in [2.45, 2.75) is 19.6 Å². The Kier molecular flexibility index (Phi) is 6.76. The fraction of sp³-hybridized carbons (Fsp3) is 0.211. The minimum absolute atomic E-state index is 0.252. The van der Waals surface area contributed by atoms with Crippen molar-refractivity contribution in [1.82, 2.24) is 5.32 Å². The monoisotopic (exact) mass is 371 g/mol. The summed E-state index contributed by atoms with van der Waals surface area (Å²) in [6.45, 7) is 1.73. The lowest BCUT2D eigenvalue weighted by Crippen LogP contribution is -2.30. The normalized spacial score (nSPS) is 11.2. The number of hydrogen-bond donors (Lipinski definition) is 3. The molecule has 0 radical (unpaired) electrons. The molecule has 0 bridgehead atoms. The first-order valence-electron chi connectivity index (χ1n) is 8.18. The van der Waals surface area contributed by atoms with Gasteiger partial charge in [-0.05, 0) is 36.8 Å². The van der Waals surface area contributed by atoms with Gasteiger partial charge >= 0.3 is 12.0 Å². The summed E-state index contributed by atoms with van der Waals surface area (Å²) in [5.41, 5.74) is 6.55. The molecule has 3 amide bonds. The van der Waals surface area contributed by atoms with Gasteiger partial charge in [0.1, 0.15) is 5.75 Å². The van der Waals surface area contributed by atoms with Crippen molar-refractivity contribution < 1.29 is 23.9 Å². The van der Waals surface area contributed by atoms with E-state index in [1.807, 2.05) is 0 Å².